The molecule has 1 heterocycles. The van der Waals surface area contributed by atoms with Crippen molar-refractivity contribution in [3.63, 3.8) is 0 Å². The third-order valence-electron chi connectivity index (χ3n) is 3.26. The average molecular weight is 318 g/mol. The van der Waals surface area contributed by atoms with Crippen molar-refractivity contribution >= 4 is 25.6 Å². The number of halogens is 1. The Balaban J connectivity index is 2.35. The highest BCUT2D eigenvalue weighted by Gasteiger charge is 2.22. The average Bonchev–Trinajstić information content (AvgIpc) is 2.46. The number of nitrogens with zero attached hydrogens (tertiary/aromatic N) is 1. The van der Waals surface area contributed by atoms with E-state index in [0.29, 0.717) is 43.9 Å². The van der Waals surface area contributed by atoms with Crippen LogP contribution in [0.25, 0.3) is 0 Å². The van der Waals surface area contributed by atoms with E-state index in [1.165, 1.54) is 6.07 Å². The number of aryl methyl sites for hydroxylation is 1. The Bertz CT molecular complexity index is 609. The Labute approximate surface area is 122 Å². The molecule has 0 spiro atoms. The number of carbonyl (C=O) groups is 1. The van der Waals surface area contributed by atoms with Crippen molar-refractivity contribution in [2.45, 2.75) is 18.2 Å². The van der Waals surface area contributed by atoms with Crippen LogP contribution < -0.4 is 0 Å². The van der Waals surface area contributed by atoms with E-state index in [0.717, 1.165) is 0 Å². The van der Waals surface area contributed by atoms with E-state index in [4.69, 9.17) is 15.4 Å². The van der Waals surface area contributed by atoms with Gasteiger partial charge in [-0.05, 0) is 24.1 Å². The summed E-state index contributed by atoms with van der Waals surface area (Å²) in [5.74, 6) is -0.197. The van der Waals surface area contributed by atoms with Crippen molar-refractivity contribution < 1.29 is 17.9 Å². The van der Waals surface area contributed by atoms with Crippen molar-refractivity contribution in [3.8, 4) is 0 Å². The number of hydrogen-bond acceptors (Lipinski definition) is 4. The van der Waals surface area contributed by atoms with Crippen molar-refractivity contribution in [2.24, 2.45) is 0 Å². The molecule has 1 aromatic rings. The molecular weight excluding hydrogens is 302 g/mol. The van der Waals surface area contributed by atoms with Gasteiger partial charge in [0.2, 0.25) is 0 Å². The molecule has 0 aromatic heterocycles. The predicted octanol–water partition coefficient (Wildman–Crippen LogP) is 1.65. The highest BCUT2D eigenvalue weighted by Crippen LogP contribution is 2.23. The van der Waals surface area contributed by atoms with E-state index in [1.54, 1.807) is 17.0 Å². The largest absolute Gasteiger partial charge is 0.378 e. The first kappa shape index (κ1) is 15.3. The van der Waals surface area contributed by atoms with Crippen molar-refractivity contribution in [1.82, 2.24) is 4.90 Å². The third kappa shape index (κ3) is 3.31. The molecule has 1 amide bonds. The summed E-state index contributed by atoms with van der Waals surface area (Å²) in [7, 11) is 1.58. The third-order valence-corrected chi connectivity index (χ3v) is 4.66. The zero-order valence-corrected chi connectivity index (χ0v) is 12.7. The van der Waals surface area contributed by atoms with Gasteiger partial charge in [0.15, 0.2) is 0 Å². The van der Waals surface area contributed by atoms with Gasteiger partial charge in [-0.25, -0.2) is 8.42 Å². The lowest BCUT2D eigenvalue weighted by Gasteiger charge is -2.27. The van der Waals surface area contributed by atoms with Crippen LogP contribution in [0, 0.1) is 0 Å². The second-order valence-electron chi connectivity index (χ2n) is 4.52. The van der Waals surface area contributed by atoms with E-state index in [1.807, 2.05) is 6.92 Å². The maximum absolute atomic E-state index is 12.3. The van der Waals surface area contributed by atoms with Crippen LogP contribution in [0.4, 0.5) is 0 Å². The normalized spacial score (nSPS) is 16.2. The molecular formula is C13H16ClNO4S. The molecule has 0 saturated carbocycles. The fourth-order valence-corrected chi connectivity index (χ4v) is 3.38. The molecule has 2 rings (SSSR count). The summed E-state index contributed by atoms with van der Waals surface area (Å²) in [5, 5.41) is 0. The van der Waals surface area contributed by atoms with Gasteiger partial charge in [-0.2, -0.15) is 0 Å². The maximum Gasteiger partial charge on any atom is 0.261 e. The minimum Gasteiger partial charge on any atom is -0.378 e. The zero-order valence-electron chi connectivity index (χ0n) is 11.1. The fourth-order valence-electron chi connectivity index (χ4n) is 2.16. The molecule has 5 nitrogen and oxygen atoms in total. The first-order chi connectivity index (χ1) is 9.43. The van der Waals surface area contributed by atoms with Crippen LogP contribution in [0.1, 0.15) is 22.8 Å². The quantitative estimate of drug-likeness (QED) is 0.795. The number of morpholine rings is 1. The van der Waals surface area contributed by atoms with Gasteiger partial charge >= 0.3 is 0 Å². The van der Waals surface area contributed by atoms with Crippen LogP contribution in [0.3, 0.4) is 0 Å². The Hall–Kier alpha value is -1.11. The number of carbonyl (C=O) groups excluding carboxylic acids is 1. The molecule has 0 bridgehead atoms. The summed E-state index contributed by atoms with van der Waals surface area (Å²) >= 11 is 0. The summed E-state index contributed by atoms with van der Waals surface area (Å²) in [5.41, 5.74) is 0.946. The highest BCUT2D eigenvalue weighted by molar-refractivity contribution is 8.13. The number of amides is 1. The van der Waals surface area contributed by atoms with Gasteiger partial charge < -0.3 is 9.64 Å². The second-order valence-corrected chi connectivity index (χ2v) is 7.05. The molecule has 20 heavy (non-hydrogen) atoms. The van der Waals surface area contributed by atoms with Gasteiger partial charge in [0.05, 0.1) is 18.1 Å². The second kappa shape index (κ2) is 6.11. The lowest BCUT2D eigenvalue weighted by molar-refractivity contribution is 0.0302. The van der Waals surface area contributed by atoms with Gasteiger partial charge in [-0.3, -0.25) is 4.79 Å². The maximum atomic E-state index is 12.3. The minimum atomic E-state index is -3.86. The smallest absolute Gasteiger partial charge is 0.261 e. The fraction of sp³-hybridized carbons (Fsp3) is 0.462. The predicted molar refractivity (Wildman–Crippen MR) is 75.6 cm³/mol. The zero-order chi connectivity index (χ0) is 14.8. The molecule has 0 atom stereocenters. The van der Waals surface area contributed by atoms with Crippen LogP contribution in [0.5, 0.6) is 0 Å². The van der Waals surface area contributed by atoms with E-state index in [-0.39, 0.29) is 10.8 Å². The van der Waals surface area contributed by atoms with Gasteiger partial charge in [-0.15, -0.1) is 0 Å². The summed E-state index contributed by atoms with van der Waals surface area (Å²) in [6.07, 6.45) is 0.535. The molecule has 0 unspecified atom stereocenters. The van der Waals surface area contributed by atoms with Crippen molar-refractivity contribution in [2.75, 3.05) is 26.3 Å². The summed E-state index contributed by atoms with van der Waals surface area (Å²) < 4.78 is 28.4. The van der Waals surface area contributed by atoms with Crippen molar-refractivity contribution in [3.05, 3.63) is 29.3 Å². The lowest BCUT2D eigenvalue weighted by Crippen LogP contribution is -2.40. The Morgan fingerprint density at radius 3 is 2.55 bits per heavy atom. The molecule has 1 aromatic carbocycles. The molecule has 0 aliphatic carbocycles. The topological polar surface area (TPSA) is 63.7 Å². The van der Waals surface area contributed by atoms with Crippen LogP contribution in [0.15, 0.2) is 23.1 Å². The molecule has 1 aliphatic rings. The number of hydrogen-bond donors (Lipinski definition) is 0. The molecule has 7 heteroatoms. The number of benzene rings is 1. The molecule has 1 fully saturated rings. The monoisotopic (exact) mass is 317 g/mol. The number of ether oxygens (including phenoxy) is 1. The summed E-state index contributed by atoms with van der Waals surface area (Å²) in [6, 6.07) is 4.64. The number of rotatable bonds is 3. The van der Waals surface area contributed by atoms with Gasteiger partial charge in [0.25, 0.3) is 15.0 Å². The Kier molecular flexibility index (Phi) is 4.67. The standard InChI is InChI=1S/C13H16ClNO4S/c1-2-10-3-4-11(9-12(10)20(14,17)18)13(16)15-5-7-19-8-6-15/h3-4,9H,2,5-8H2,1H3. The molecule has 0 radical (unpaired) electrons. The minimum absolute atomic E-state index is 0.0146. The van der Waals surface area contributed by atoms with Gasteiger partial charge in [0, 0.05) is 29.3 Å². The van der Waals surface area contributed by atoms with Crippen LogP contribution in [0.2, 0.25) is 0 Å². The van der Waals surface area contributed by atoms with E-state index in [9.17, 15) is 13.2 Å². The first-order valence-corrected chi connectivity index (χ1v) is 8.69. The molecule has 1 aliphatic heterocycles. The molecule has 110 valence electrons. The van der Waals surface area contributed by atoms with Crippen LogP contribution >= 0.6 is 10.7 Å². The van der Waals surface area contributed by atoms with E-state index < -0.39 is 9.05 Å². The Morgan fingerprint density at radius 2 is 2.00 bits per heavy atom. The van der Waals surface area contributed by atoms with Crippen LogP contribution in [-0.4, -0.2) is 45.5 Å². The van der Waals surface area contributed by atoms with E-state index >= 15 is 0 Å². The highest BCUT2D eigenvalue weighted by atomic mass is 35.7. The molecule has 1 saturated heterocycles. The SMILES string of the molecule is CCc1ccc(C(=O)N2CCOCC2)cc1S(=O)(=O)Cl. The van der Waals surface area contributed by atoms with Crippen molar-refractivity contribution in [1.29, 1.82) is 0 Å². The lowest BCUT2D eigenvalue weighted by atomic mass is 10.1. The Morgan fingerprint density at radius 1 is 1.35 bits per heavy atom. The van der Waals surface area contributed by atoms with Crippen LogP contribution in [-0.2, 0) is 20.2 Å². The first-order valence-electron chi connectivity index (χ1n) is 6.38. The molecule has 0 N–H and O–H groups in total. The summed E-state index contributed by atoms with van der Waals surface area (Å²) in [6.45, 7) is 3.86. The van der Waals surface area contributed by atoms with Gasteiger partial charge in [-0.1, -0.05) is 13.0 Å². The van der Waals surface area contributed by atoms with Gasteiger partial charge in [0.1, 0.15) is 0 Å². The summed E-state index contributed by atoms with van der Waals surface area (Å²) in [4.78, 5) is 14.0. The van der Waals surface area contributed by atoms with E-state index in [2.05, 4.69) is 0 Å².